The van der Waals surface area contributed by atoms with Gasteiger partial charge in [0.1, 0.15) is 5.75 Å². The maximum Gasteiger partial charge on any atom is 0.247 e. The lowest BCUT2D eigenvalue weighted by molar-refractivity contribution is -0.111. The van der Waals surface area contributed by atoms with Crippen LogP contribution in [0.1, 0.15) is 0 Å². The summed E-state index contributed by atoms with van der Waals surface area (Å²) in [6, 6.07) is 11.9. The fraction of sp³-hybridized carbons (Fsp3) is 0.231. The largest absolute Gasteiger partial charge is 0.494 e. The fourth-order valence-corrected chi connectivity index (χ4v) is 4.18. The maximum absolute atomic E-state index is 12.2. The molecule has 3 aromatic heterocycles. The lowest BCUT2D eigenvalue weighted by atomic mass is 10.0. The van der Waals surface area contributed by atoms with Crippen molar-refractivity contribution >= 4 is 34.4 Å². The highest BCUT2D eigenvalue weighted by Crippen LogP contribution is 2.40. The molecule has 1 fully saturated rings. The predicted molar refractivity (Wildman–Crippen MR) is 141 cm³/mol. The first-order chi connectivity index (χ1) is 17.5. The van der Waals surface area contributed by atoms with E-state index in [9.17, 15) is 4.79 Å². The molecule has 0 spiro atoms. The third kappa shape index (κ3) is 4.46. The molecule has 0 saturated carbocycles. The highest BCUT2D eigenvalue weighted by molar-refractivity contribution is 6.02. The van der Waals surface area contributed by atoms with Crippen molar-refractivity contribution in [2.45, 2.75) is 6.04 Å². The highest BCUT2D eigenvalue weighted by Gasteiger charge is 2.31. The second-order valence-corrected chi connectivity index (χ2v) is 8.76. The Balaban J connectivity index is 1.48. The molecule has 5 rings (SSSR count). The molecular weight excluding hydrogens is 456 g/mol. The summed E-state index contributed by atoms with van der Waals surface area (Å²) < 4.78 is 7.50. The van der Waals surface area contributed by atoms with E-state index >= 15 is 0 Å². The number of ether oxygens (including phenoxy) is 1. The number of hydrogen-bond donors (Lipinski definition) is 2. The quantitative estimate of drug-likeness (QED) is 0.367. The summed E-state index contributed by atoms with van der Waals surface area (Å²) in [5.74, 6) is 0.717. The Morgan fingerprint density at radius 2 is 2.06 bits per heavy atom. The van der Waals surface area contributed by atoms with Crippen molar-refractivity contribution in [3.63, 3.8) is 0 Å². The Kier molecular flexibility index (Phi) is 6.26. The molecule has 0 atom stereocenters. The van der Waals surface area contributed by atoms with Crippen LogP contribution in [0.25, 0.3) is 16.8 Å². The Morgan fingerprint density at radius 3 is 2.81 bits per heavy atom. The van der Waals surface area contributed by atoms with Gasteiger partial charge in [-0.25, -0.2) is 14.5 Å². The average molecular weight is 485 g/mol. The van der Waals surface area contributed by atoms with Gasteiger partial charge in [0.25, 0.3) is 0 Å². The number of carbonyl (C=O) groups excluding carboxylic acids is 1. The van der Waals surface area contributed by atoms with Gasteiger partial charge in [-0.2, -0.15) is 5.10 Å². The normalized spacial score (nSPS) is 13.5. The highest BCUT2D eigenvalue weighted by atomic mass is 16.5. The van der Waals surface area contributed by atoms with Crippen LogP contribution in [0.4, 0.5) is 23.0 Å². The second-order valence-electron chi connectivity index (χ2n) is 8.76. The molecule has 1 aliphatic rings. The molecule has 4 aromatic rings. The maximum atomic E-state index is 12.2. The summed E-state index contributed by atoms with van der Waals surface area (Å²) in [7, 11) is 5.75. The average Bonchev–Trinajstić information content (AvgIpc) is 3.28. The number of rotatable bonds is 8. The lowest BCUT2D eigenvalue weighted by Gasteiger charge is -2.45. The molecule has 10 heteroatoms. The molecule has 0 bridgehead atoms. The van der Waals surface area contributed by atoms with E-state index in [1.54, 1.807) is 24.0 Å². The molecule has 1 amide bonds. The van der Waals surface area contributed by atoms with Crippen LogP contribution in [0.5, 0.6) is 5.75 Å². The Hall–Kier alpha value is -4.44. The third-order valence-electron chi connectivity index (χ3n) is 6.30. The van der Waals surface area contributed by atoms with Crippen LogP contribution < -0.4 is 20.3 Å². The van der Waals surface area contributed by atoms with Gasteiger partial charge in [0.2, 0.25) is 11.9 Å². The van der Waals surface area contributed by atoms with Gasteiger partial charge in [0.15, 0.2) is 0 Å². The van der Waals surface area contributed by atoms with Gasteiger partial charge in [-0.1, -0.05) is 12.6 Å². The van der Waals surface area contributed by atoms with Crippen molar-refractivity contribution in [3.8, 4) is 17.0 Å². The Labute approximate surface area is 209 Å². The molecular formula is C26H28N8O2. The molecule has 0 unspecified atom stereocenters. The van der Waals surface area contributed by atoms with Crippen molar-refractivity contribution in [1.82, 2.24) is 24.5 Å². The number of pyridine rings is 1. The van der Waals surface area contributed by atoms with Gasteiger partial charge in [-0.15, -0.1) is 0 Å². The van der Waals surface area contributed by atoms with Crippen molar-refractivity contribution in [2.24, 2.45) is 0 Å². The van der Waals surface area contributed by atoms with Gasteiger partial charge in [0, 0.05) is 43.2 Å². The zero-order chi connectivity index (χ0) is 25.2. The number of benzene rings is 1. The van der Waals surface area contributed by atoms with Crippen LogP contribution in [0, 0.1) is 0 Å². The standard InChI is InChI=1S/C26H28N8O2/c1-5-25(35)29-20-12-21(24(36-4)13-23(20)33-15-17(16-33)32(2)3)31-26-27-10-9-19(30-26)18-14-28-34-11-7-6-8-22(18)34/h5-14,17H,1,15-16H2,2-4H3,(H,29,35)(H,27,30,31). The van der Waals surface area contributed by atoms with Crippen molar-refractivity contribution < 1.29 is 9.53 Å². The van der Waals surface area contributed by atoms with Crippen molar-refractivity contribution in [3.05, 3.63) is 67.6 Å². The Morgan fingerprint density at radius 1 is 1.22 bits per heavy atom. The first-order valence-corrected chi connectivity index (χ1v) is 11.6. The molecule has 0 aliphatic carbocycles. The fourth-order valence-electron chi connectivity index (χ4n) is 4.18. The number of methoxy groups -OCH3 is 1. The number of anilines is 4. The Bertz CT molecular complexity index is 1420. The molecule has 2 N–H and O–H groups in total. The topological polar surface area (TPSA) is 99.9 Å². The van der Waals surface area contributed by atoms with E-state index in [2.05, 4.69) is 51.2 Å². The van der Waals surface area contributed by atoms with E-state index in [-0.39, 0.29) is 5.91 Å². The summed E-state index contributed by atoms with van der Waals surface area (Å²) in [6.07, 6.45) is 6.62. The predicted octanol–water partition coefficient (Wildman–Crippen LogP) is 3.42. The smallest absolute Gasteiger partial charge is 0.247 e. The van der Waals surface area contributed by atoms with Gasteiger partial charge in [-0.3, -0.25) is 4.79 Å². The zero-order valence-electron chi connectivity index (χ0n) is 20.5. The number of fused-ring (bicyclic) bond motifs is 1. The molecule has 36 heavy (non-hydrogen) atoms. The number of nitrogens with one attached hydrogen (secondary N) is 2. The monoisotopic (exact) mass is 484 g/mol. The summed E-state index contributed by atoms with van der Waals surface area (Å²) >= 11 is 0. The summed E-state index contributed by atoms with van der Waals surface area (Å²) in [6.45, 7) is 5.28. The van der Waals surface area contributed by atoms with Crippen LogP contribution >= 0.6 is 0 Å². The number of hydrogen-bond acceptors (Lipinski definition) is 8. The van der Waals surface area contributed by atoms with Gasteiger partial charge in [-0.05, 0) is 44.4 Å². The van der Waals surface area contributed by atoms with Gasteiger partial charge in [0.05, 0.1) is 41.6 Å². The number of aromatic nitrogens is 4. The van der Waals surface area contributed by atoms with E-state index in [4.69, 9.17) is 9.72 Å². The molecule has 0 radical (unpaired) electrons. The number of likely N-dealkylation sites (N-methyl/N-ethyl adjacent to an activating group) is 1. The van der Waals surface area contributed by atoms with Crippen LogP contribution in [0.3, 0.4) is 0 Å². The number of amides is 1. The van der Waals surface area contributed by atoms with E-state index in [1.165, 1.54) is 6.08 Å². The minimum atomic E-state index is -0.289. The minimum absolute atomic E-state index is 0.289. The van der Waals surface area contributed by atoms with Crippen LogP contribution in [-0.2, 0) is 4.79 Å². The first-order valence-electron chi connectivity index (χ1n) is 11.6. The van der Waals surface area contributed by atoms with Gasteiger partial charge >= 0.3 is 0 Å². The van der Waals surface area contributed by atoms with Gasteiger partial charge < -0.3 is 25.2 Å². The molecule has 10 nitrogen and oxygen atoms in total. The summed E-state index contributed by atoms with van der Waals surface area (Å²) in [4.78, 5) is 25.7. The number of carbonyl (C=O) groups is 1. The number of nitrogens with zero attached hydrogens (tertiary/aromatic N) is 6. The molecule has 1 saturated heterocycles. The summed E-state index contributed by atoms with van der Waals surface area (Å²) in [5.41, 5.74) is 4.74. The van der Waals surface area contributed by atoms with E-state index in [0.717, 1.165) is 35.6 Å². The minimum Gasteiger partial charge on any atom is -0.494 e. The lowest BCUT2D eigenvalue weighted by Crippen LogP contribution is -2.57. The molecule has 1 aliphatic heterocycles. The van der Waals surface area contributed by atoms with E-state index in [1.807, 2.05) is 42.6 Å². The van der Waals surface area contributed by atoms with E-state index < -0.39 is 0 Å². The molecule has 4 heterocycles. The third-order valence-corrected chi connectivity index (χ3v) is 6.30. The molecule has 1 aromatic carbocycles. The van der Waals surface area contributed by atoms with Crippen molar-refractivity contribution in [1.29, 1.82) is 0 Å². The zero-order valence-corrected chi connectivity index (χ0v) is 20.5. The van der Waals surface area contributed by atoms with Crippen LogP contribution in [-0.4, -0.2) is 70.7 Å². The second kappa shape index (κ2) is 9.67. The van der Waals surface area contributed by atoms with Crippen LogP contribution in [0.15, 0.2) is 67.6 Å². The van der Waals surface area contributed by atoms with Crippen LogP contribution in [0.2, 0.25) is 0 Å². The summed E-state index contributed by atoms with van der Waals surface area (Å²) in [5, 5.41) is 10.6. The van der Waals surface area contributed by atoms with Crippen molar-refractivity contribution in [2.75, 3.05) is 49.8 Å². The molecule has 184 valence electrons. The first kappa shape index (κ1) is 23.3. The van der Waals surface area contributed by atoms with E-state index in [0.29, 0.717) is 29.1 Å². The SMILES string of the molecule is C=CC(=O)Nc1cc(Nc2nccc(-c3cnn4ccccc34)n2)c(OC)cc1N1CC(N(C)C)C1.